The maximum Gasteiger partial charge on any atom is 0.152 e. The third kappa shape index (κ3) is 1.67. The Morgan fingerprint density at radius 1 is 1.31 bits per heavy atom. The summed E-state index contributed by atoms with van der Waals surface area (Å²) in [4.78, 5) is 11.0. The summed E-state index contributed by atoms with van der Waals surface area (Å²) in [6.07, 6.45) is 3.50. The van der Waals surface area contributed by atoms with Gasteiger partial charge in [0.2, 0.25) is 0 Å². The Morgan fingerprint density at radius 2 is 2.00 bits per heavy atom. The number of allylic oxidation sites excluding steroid dienone is 1. The van der Waals surface area contributed by atoms with Crippen molar-refractivity contribution in [3.8, 4) is 0 Å². The number of aromatic nitrogens is 1. The van der Waals surface area contributed by atoms with E-state index in [0.29, 0.717) is 0 Å². The molecule has 0 N–H and O–H groups in total. The molecular weight excluding hydrogens is 198 g/mol. The van der Waals surface area contributed by atoms with Crippen LogP contribution >= 0.6 is 0 Å². The molecule has 2 aromatic rings. The molecule has 0 atom stereocenters. The smallest absolute Gasteiger partial charge is 0.152 e. The minimum absolute atomic E-state index is 0.0738. The van der Waals surface area contributed by atoms with Crippen LogP contribution < -0.4 is 0 Å². The summed E-state index contributed by atoms with van der Waals surface area (Å²) in [5.74, 6) is 0.0738. The molecule has 0 fully saturated rings. The summed E-state index contributed by atoms with van der Waals surface area (Å²) in [5.41, 5.74) is 3.51. The van der Waals surface area contributed by atoms with Gasteiger partial charge in [-0.05, 0) is 37.6 Å². The van der Waals surface area contributed by atoms with Crippen molar-refractivity contribution in [3.63, 3.8) is 0 Å². The molecule has 0 saturated heterocycles. The average molecular weight is 213 g/mol. The Morgan fingerprint density at radius 3 is 2.62 bits per heavy atom. The molecule has 2 nitrogen and oxygen atoms in total. The van der Waals surface area contributed by atoms with Crippen LogP contribution in [0, 0.1) is 6.92 Å². The van der Waals surface area contributed by atoms with Crippen LogP contribution in [0.15, 0.2) is 30.3 Å². The number of ketones is 1. The fraction of sp³-hybridized carbons (Fsp3) is 0.214. The highest BCUT2D eigenvalue weighted by molar-refractivity contribution is 5.94. The zero-order valence-electron chi connectivity index (χ0n) is 9.82. The fourth-order valence-corrected chi connectivity index (χ4v) is 2.04. The van der Waals surface area contributed by atoms with Crippen LogP contribution in [0.2, 0.25) is 0 Å². The standard InChI is InChI=1S/C14H15NO/c1-10(16)8-9-13-11(2)12-6-4-5-7-14(12)15(13)3/h4-9H,1-3H3/b9-8+. The number of rotatable bonds is 2. The molecule has 1 aromatic heterocycles. The lowest BCUT2D eigenvalue weighted by molar-refractivity contribution is -0.112. The number of hydrogen-bond donors (Lipinski definition) is 0. The second-order valence-corrected chi connectivity index (χ2v) is 4.03. The predicted octanol–water partition coefficient (Wildman–Crippen LogP) is 3.09. The van der Waals surface area contributed by atoms with E-state index in [2.05, 4.69) is 23.6 Å². The van der Waals surface area contributed by atoms with Crippen LogP contribution in [0.25, 0.3) is 17.0 Å². The second kappa shape index (κ2) is 3.97. The molecule has 16 heavy (non-hydrogen) atoms. The van der Waals surface area contributed by atoms with Crippen molar-refractivity contribution in [1.82, 2.24) is 4.57 Å². The van der Waals surface area contributed by atoms with Crippen molar-refractivity contribution in [2.45, 2.75) is 13.8 Å². The molecule has 0 bridgehead atoms. The lowest BCUT2D eigenvalue weighted by Gasteiger charge is -1.99. The van der Waals surface area contributed by atoms with Gasteiger partial charge < -0.3 is 4.57 Å². The van der Waals surface area contributed by atoms with Gasteiger partial charge in [0.15, 0.2) is 5.78 Å². The summed E-state index contributed by atoms with van der Waals surface area (Å²) in [7, 11) is 2.02. The molecule has 0 saturated carbocycles. The van der Waals surface area contributed by atoms with Gasteiger partial charge in [-0.2, -0.15) is 0 Å². The number of aryl methyl sites for hydroxylation is 2. The van der Waals surface area contributed by atoms with Gasteiger partial charge in [0.05, 0.1) is 0 Å². The number of para-hydroxylation sites is 1. The van der Waals surface area contributed by atoms with E-state index in [4.69, 9.17) is 0 Å². The van der Waals surface area contributed by atoms with E-state index < -0.39 is 0 Å². The molecule has 2 rings (SSSR count). The average Bonchev–Trinajstić information content (AvgIpc) is 2.50. The molecule has 1 aromatic carbocycles. The lowest BCUT2D eigenvalue weighted by Crippen LogP contribution is -1.92. The maximum absolute atomic E-state index is 11.0. The highest BCUT2D eigenvalue weighted by Crippen LogP contribution is 2.25. The van der Waals surface area contributed by atoms with Crippen LogP contribution in [0.4, 0.5) is 0 Å². The molecule has 0 aliphatic carbocycles. The molecule has 0 radical (unpaired) electrons. The summed E-state index contributed by atoms with van der Waals surface area (Å²) < 4.78 is 2.12. The van der Waals surface area contributed by atoms with Crippen molar-refractivity contribution in [2.75, 3.05) is 0 Å². The highest BCUT2D eigenvalue weighted by Gasteiger charge is 2.08. The molecule has 0 unspecified atom stereocenters. The first kappa shape index (κ1) is 10.7. The topological polar surface area (TPSA) is 22.0 Å². The van der Waals surface area contributed by atoms with Gasteiger partial charge in [0.25, 0.3) is 0 Å². The van der Waals surface area contributed by atoms with Gasteiger partial charge in [-0.25, -0.2) is 0 Å². The van der Waals surface area contributed by atoms with E-state index in [1.54, 1.807) is 13.0 Å². The predicted molar refractivity (Wildman–Crippen MR) is 67.4 cm³/mol. The van der Waals surface area contributed by atoms with Crippen LogP contribution in [0.1, 0.15) is 18.2 Å². The fourth-order valence-electron chi connectivity index (χ4n) is 2.04. The molecule has 2 heteroatoms. The molecule has 0 amide bonds. The highest BCUT2D eigenvalue weighted by atomic mass is 16.1. The first-order chi connectivity index (χ1) is 7.61. The minimum Gasteiger partial charge on any atom is -0.344 e. The zero-order valence-corrected chi connectivity index (χ0v) is 9.82. The number of nitrogens with zero attached hydrogens (tertiary/aromatic N) is 1. The maximum atomic E-state index is 11.0. The van der Waals surface area contributed by atoms with Gasteiger partial charge in [-0.3, -0.25) is 4.79 Å². The van der Waals surface area contributed by atoms with E-state index >= 15 is 0 Å². The molecule has 0 aliphatic rings. The Kier molecular flexibility index (Phi) is 2.65. The Bertz CT molecular complexity index is 537. The number of carbonyl (C=O) groups is 1. The van der Waals surface area contributed by atoms with Gasteiger partial charge in [-0.1, -0.05) is 18.2 Å². The van der Waals surface area contributed by atoms with Crippen molar-refractivity contribution >= 4 is 22.8 Å². The van der Waals surface area contributed by atoms with Gasteiger partial charge in [-0.15, -0.1) is 0 Å². The Balaban J connectivity index is 2.66. The van der Waals surface area contributed by atoms with Gasteiger partial charge >= 0.3 is 0 Å². The summed E-state index contributed by atoms with van der Waals surface area (Å²) in [6, 6.07) is 8.26. The van der Waals surface area contributed by atoms with Crippen molar-refractivity contribution in [3.05, 3.63) is 41.6 Å². The molecule has 1 heterocycles. The van der Waals surface area contributed by atoms with Crippen molar-refractivity contribution < 1.29 is 4.79 Å². The normalized spacial score (nSPS) is 11.4. The van der Waals surface area contributed by atoms with Crippen molar-refractivity contribution in [2.24, 2.45) is 7.05 Å². The van der Waals surface area contributed by atoms with E-state index in [0.717, 1.165) is 5.69 Å². The second-order valence-electron chi connectivity index (χ2n) is 4.03. The molecule has 82 valence electrons. The molecule has 0 aliphatic heterocycles. The summed E-state index contributed by atoms with van der Waals surface area (Å²) >= 11 is 0. The third-order valence-corrected chi connectivity index (χ3v) is 2.89. The van der Waals surface area contributed by atoms with Crippen molar-refractivity contribution in [1.29, 1.82) is 0 Å². The van der Waals surface area contributed by atoms with Gasteiger partial charge in [0.1, 0.15) is 0 Å². The third-order valence-electron chi connectivity index (χ3n) is 2.89. The SMILES string of the molecule is CC(=O)/C=C/c1c(C)c2ccccc2n1C. The van der Waals surface area contributed by atoms with Crippen LogP contribution in [-0.2, 0) is 11.8 Å². The van der Waals surface area contributed by atoms with E-state index in [1.165, 1.54) is 16.5 Å². The van der Waals surface area contributed by atoms with Crippen LogP contribution in [0.3, 0.4) is 0 Å². The number of fused-ring (bicyclic) bond motifs is 1. The molecular formula is C14H15NO. The number of carbonyl (C=O) groups excluding carboxylic acids is 1. The summed E-state index contributed by atoms with van der Waals surface area (Å²) in [5, 5.41) is 1.24. The van der Waals surface area contributed by atoms with Crippen LogP contribution in [-0.4, -0.2) is 10.4 Å². The Labute approximate surface area is 95.2 Å². The first-order valence-corrected chi connectivity index (χ1v) is 5.34. The monoisotopic (exact) mass is 213 g/mol. The molecule has 0 spiro atoms. The first-order valence-electron chi connectivity index (χ1n) is 5.34. The zero-order chi connectivity index (χ0) is 11.7. The van der Waals surface area contributed by atoms with E-state index in [1.807, 2.05) is 25.3 Å². The Hall–Kier alpha value is -1.83. The quantitative estimate of drug-likeness (QED) is 0.703. The number of benzene rings is 1. The van der Waals surface area contributed by atoms with E-state index in [-0.39, 0.29) is 5.78 Å². The lowest BCUT2D eigenvalue weighted by atomic mass is 10.1. The number of hydrogen-bond acceptors (Lipinski definition) is 1. The largest absolute Gasteiger partial charge is 0.344 e. The van der Waals surface area contributed by atoms with E-state index in [9.17, 15) is 4.79 Å². The van der Waals surface area contributed by atoms with Gasteiger partial charge in [0, 0.05) is 23.6 Å². The minimum atomic E-state index is 0.0738. The summed E-state index contributed by atoms with van der Waals surface area (Å²) in [6.45, 7) is 3.65. The van der Waals surface area contributed by atoms with Crippen LogP contribution in [0.5, 0.6) is 0 Å².